The largest absolute Gasteiger partial charge is 0.354 e. The first-order valence-corrected chi connectivity index (χ1v) is 10.6. The summed E-state index contributed by atoms with van der Waals surface area (Å²) in [6.07, 6.45) is 2.12. The highest BCUT2D eigenvalue weighted by molar-refractivity contribution is 9.10. The van der Waals surface area contributed by atoms with Gasteiger partial charge in [-0.15, -0.1) is 0 Å². The van der Waals surface area contributed by atoms with Gasteiger partial charge in [0.15, 0.2) is 0 Å². The van der Waals surface area contributed by atoms with Crippen LogP contribution in [0, 0.1) is 0 Å². The number of benzene rings is 2. The van der Waals surface area contributed by atoms with Gasteiger partial charge in [0.1, 0.15) is 6.04 Å². The van der Waals surface area contributed by atoms with Crippen LogP contribution >= 0.6 is 27.5 Å². The molecule has 0 heterocycles. The van der Waals surface area contributed by atoms with Crippen LogP contribution < -0.4 is 5.32 Å². The predicted molar refractivity (Wildman–Crippen MR) is 117 cm³/mol. The molecule has 6 heteroatoms. The van der Waals surface area contributed by atoms with Gasteiger partial charge < -0.3 is 10.2 Å². The van der Waals surface area contributed by atoms with Crippen LogP contribution in [0.3, 0.4) is 0 Å². The van der Waals surface area contributed by atoms with Crippen molar-refractivity contribution in [2.24, 2.45) is 0 Å². The standard InChI is InChI=1S/C22H26BrClN2O2/c1-3-4-12-25-22(28)16(2)26(15-17-8-10-19(23)11-9-17)21(27)14-18-6-5-7-20(24)13-18/h5-11,13,16H,3-4,12,14-15H2,1-2H3,(H,25,28)/t16-/m0/s1. The second-order valence-electron chi connectivity index (χ2n) is 6.78. The Labute approximate surface area is 180 Å². The highest BCUT2D eigenvalue weighted by Gasteiger charge is 2.26. The van der Waals surface area contributed by atoms with Gasteiger partial charge in [-0.2, -0.15) is 0 Å². The van der Waals surface area contributed by atoms with Crippen LogP contribution in [0.1, 0.15) is 37.8 Å². The summed E-state index contributed by atoms with van der Waals surface area (Å²) in [6, 6.07) is 14.5. The van der Waals surface area contributed by atoms with E-state index in [0.717, 1.165) is 28.4 Å². The fourth-order valence-electron chi connectivity index (χ4n) is 2.83. The molecule has 1 N–H and O–H groups in total. The van der Waals surface area contributed by atoms with Crippen molar-refractivity contribution in [2.75, 3.05) is 6.54 Å². The van der Waals surface area contributed by atoms with Crippen molar-refractivity contribution in [1.29, 1.82) is 0 Å². The summed E-state index contributed by atoms with van der Waals surface area (Å²) in [5.41, 5.74) is 1.80. The Bertz CT molecular complexity index is 795. The zero-order chi connectivity index (χ0) is 20.5. The predicted octanol–water partition coefficient (Wildman–Crippen LogP) is 4.98. The van der Waals surface area contributed by atoms with Gasteiger partial charge in [-0.3, -0.25) is 9.59 Å². The summed E-state index contributed by atoms with van der Waals surface area (Å²) >= 11 is 9.46. The topological polar surface area (TPSA) is 49.4 Å². The highest BCUT2D eigenvalue weighted by Crippen LogP contribution is 2.17. The fourth-order valence-corrected chi connectivity index (χ4v) is 3.31. The van der Waals surface area contributed by atoms with Crippen LogP contribution in [0.2, 0.25) is 5.02 Å². The van der Waals surface area contributed by atoms with Crippen LogP contribution in [0.15, 0.2) is 53.0 Å². The molecule has 0 aliphatic heterocycles. The molecule has 2 amide bonds. The van der Waals surface area contributed by atoms with Crippen LogP contribution in [0.4, 0.5) is 0 Å². The van der Waals surface area contributed by atoms with Gasteiger partial charge in [0.05, 0.1) is 6.42 Å². The van der Waals surface area contributed by atoms with E-state index in [2.05, 4.69) is 28.2 Å². The molecule has 0 saturated heterocycles. The third-order valence-corrected chi connectivity index (χ3v) is 5.27. The van der Waals surface area contributed by atoms with Crippen molar-refractivity contribution >= 4 is 39.3 Å². The lowest BCUT2D eigenvalue weighted by molar-refractivity contribution is -0.140. The first kappa shape index (κ1) is 22.4. The first-order chi connectivity index (χ1) is 13.4. The number of carbonyl (C=O) groups is 2. The van der Waals surface area contributed by atoms with E-state index in [1.54, 1.807) is 24.0 Å². The molecule has 4 nitrogen and oxygen atoms in total. The SMILES string of the molecule is CCCCNC(=O)[C@H](C)N(Cc1ccc(Br)cc1)C(=O)Cc1cccc(Cl)c1. The van der Waals surface area contributed by atoms with E-state index in [9.17, 15) is 9.59 Å². The molecular weight excluding hydrogens is 440 g/mol. The van der Waals surface area contributed by atoms with Crippen molar-refractivity contribution in [1.82, 2.24) is 10.2 Å². The minimum absolute atomic E-state index is 0.108. The minimum atomic E-state index is -0.563. The van der Waals surface area contributed by atoms with E-state index in [0.29, 0.717) is 18.1 Å². The first-order valence-electron chi connectivity index (χ1n) is 9.46. The van der Waals surface area contributed by atoms with Crippen molar-refractivity contribution in [3.05, 3.63) is 69.2 Å². The molecule has 0 unspecified atom stereocenters. The van der Waals surface area contributed by atoms with Crippen molar-refractivity contribution in [3.8, 4) is 0 Å². The normalized spacial score (nSPS) is 11.7. The molecule has 0 radical (unpaired) electrons. The van der Waals surface area contributed by atoms with Crippen LogP contribution in [0.25, 0.3) is 0 Å². The molecule has 0 spiro atoms. The van der Waals surface area contributed by atoms with E-state index < -0.39 is 6.04 Å². The summed E-state index contributed by atoms with van der Waals surface area (Å²) in [5.74, 6) is -0.242. The van der Waals surface area contributed by atoms with E-state index >= 15 is 0 Å². The average Bonchev–Trinajstić information content (AvgIpc) is 2.67. The van der Waals surface area contributed by atoms with E-state index in [1.807, 2.05) is 36.4 Å². The molecule has 0 aromatic heterocycles. The van der Waals surface area contributed by atoms with Crippen molar-refractivity contribution in [2.45, 2.75) is 45.7 Å². The lowest BCUT2D eigenvalue weighted by Crippen LogP contribution is -2.48. The highest BCUT2D eigenvalue weighted by atomic mass is 79.9. The monoisotopic (exact) mass is 464 g/mol. The molecule has 0 aliphatic rings. The summed E-state index contributed by atoms with van der Waals surface area (Å²) < 4.78 is 0.971. The van der Waals surface area contributed by atoms with E-state index in [-0.39, 0.29) is 18.2 Å². The van der Waals surface area contributed by atoms with Crippen molar-refractivity contribution < 1.29 is 9.59 Å². The lowest BCUT2D eigenvalue weighted by atomic mass is 10.1. The fraction of sp³-hybridized carbons (Fsp3) is 0.364. The van der Waals surface area contributed by atoms with Crippen molar-refractivity contribution in [3.63, 3.8) is 0 Å². The second kappa shape index (κ2) is 11.2. The summed E-state index contributed by atoms with van der Waals surface area (Å²) in [5, 5.41) is 3.52. The number of amides is 2. The zero-order valence-electron chi connectivity index (χ0n) is 16.3. The third kappa shape index (κ3) is 6.95. The molecule has 0 saturated carbocycles. The van der Waals surface area contributed by atoms with Gasteiger partial charge >= 0.3 is 0 Å². The Morgan fingerprint density at radius 2 is 1.86 bits per heavy atom. The minimum Gasteiger partial charge on any atom is -0.354 e. The number of carbonyl (C=O) groups excluding carboxylic acids is 2. The van der Waals surface area contributed by atoms with Gasteiger partial charge in [-0.25, -0.2) is 0 Å². The smallest absolute Gasteiger partial charge is 0.242 e. The molecule has 2 aromatic carbocycles. The summed E-state index contributed by atoms with van der Waals surface area (Å²) in [4.78, 5) is 27.3. The Morgan fingerprint density at radius 1 is 1.14 bits per heavy atom. The Kier molecular flexibility index (Phi) is 9.00. The lowest BCUT2D eigenvalue weighted by Gasteiger charge is -2.29. The Balaban J connectivity index is 2.17. The molecule has 2 aromatic rings. The zero-order valence-corrected chi connectivity index (χ0v) is 18.6. The van der Waals surface area contributed by atoms with Crippen LogP contribution in [-0.4, -0.2) is 29.3 Å². The number of nitrogens with zero attached hydrogens (tertiary/aromatic N) is 1. The summed E-state index contributed by atoms with van der Waals surface area (Å²) in [6.45, 7) is 4.84. The molecule has 0 bridgehead atoms. The number of halogens is 2. The quantitative estimate of drug-likeness (QED) is 0.531. The second-order valence-corrected chi connectivity index (χ2v) is 8.13. The molecule has 1 atom stereocenters. The molecular formula is C22H26BrClN2O2. The third-order valence-electron chi connectivity index (χ3n) is 4.51. The maximum atomic E-state index is 13.1. The van der Waals surface area contributed by atoms with Gasteiger partial charge in [-0.1, -0.05) is 65.1 Å². The Morgan fingerprint density at radius 3 is 2.50 bits per heavy atom. The number of unbranched alkanes of at least 4 members (excludes halogenated alkanes) is 1. The average molecular weight is 466 g/mol. The number of hydrogen-bond acceptors (Lipinski definition) is 2. The Hall–Kier alpha value is -1.85. The maximum Gasteiger partial charge on any atom is 0.242 e. The summed E-state index contributed by atoms with van der Waals surface area (Å²) in [7, 11) is 0. The maximum absolute atomic E-state index is 13.1. The van der Waals surface area contributed by atoms with Crippen LogP contribution in [-0.2, 0) is 22.6 Å². The van der Waals surface area contributed by atoms with E-state index in [1.165, 1.54) is 0 Å². The van der Waals surface area contributed by atoms with Crippen LogP contribution in [0.5, 0.6) is 0 Å². The molecule has 28 heavy (non-hydrogen) atoms. The van der Waals surface area contributed by atoms with E-state index in [4.69, 9.17) is 11.6 Å². The van der Waals surface area contributed by atoms with Gasteiger partial charge in [0.2, 0.25) is 11.8 Å². The molecule has 0 aliphatic carbocycles. The molecule has 150 valence electrons. The number of hydrogen-bond donors (Lipinski definition) is 1. The molecule has 2 rings (SSSR count). The number of nitrogens with one attached hydrogen (secondary N) is 1. The molecule has 0 fully saturated rings. The van der Waals surface area contributed by atoms with Gasteiger partial charge in [0, 0.05) is 22.6 Å². The number of rotatable bonds is 9. The van der Waals surface area contributed by atoms with Gasteiger partial charge in [0.25, 0.3) is 0 Å². The van der Waals surface area contributed by atoms with Gasteiger partial charge in [-0.05, 0) is 48.7 Å².